The number of aromatic amines is 1. The van der Waals surface area contributed by atoms with Crippen LogP contribution in [0.4, 0.5) is 11.8 Å². The van der Waals surface area contributed by atoms with Gasteiger partial charge in [0.2, 0.25) is 5.95 Å². The normalized spacial score (nSPS) is 11.7. The number of rotatable bonds is 13. The minimum Gasteiger partial charge on any atom is -0.466 e. The van der Waals surface area contributed by atoms with Gasteiger partial charge in [-0.1, -0.05) is 12.1 Å². The molecule has 0 fully saturated rings. The minimum atomic E-state index is -0.933. The van der Waals surface area contributed by atoms with Gasteiger partial charge in [0.15, 0.2) is 0 Å². The zero-order valence-corrected chi connectivity index (χ0v) is 21.2. The number of nitrogens with one attached hydrogen (secondary N) is 2. The zero-order valence-electron chi connectivity index (χ0n) is 21.2. The molecule has 11 nitrogen and oxygen atoms in total. The number of esters is 2. The van der Waals surface area contributed by atoms with E-state index in [2.05, 4.69) is 20.3 Å². The van der Waals surface area contributed by atoms with E-state index < -0.39 is 23.9 Å². The Kier molecular flexibility index (Phi) is 9.82. The summed E-state index contributed by atoms with van der Waals surface area (Å²) in [4.78, 5) is 48.0. The van der Waals surface area contributed by atoms with Gasteiger partial charge in [0.25, 0.3) is 5.91 Å². The second-order valence-electron chi connectivity index (χ2n) is 8.53. The fraction of sp³-hybridized carbons (Fsp3) is 0.423. The highest BCUT2D eigenvalue weighted by molar-refractivity contribution is 5.97. The lowest BCUT2D eigenvalue weighted by Gasteiger charge is -2.17. The van der Waals surface area contributed by atoms with E-state index in [9.17, 15) is 14.4 Å². The molecular formula is C26H34N6O5. The van der Waals surface area contributed by atoms with Crippen molar-refractivity contribution in [3.05, 3.63) is 47.2 Å². The quantitative estimate of drug-likeness (QED) is 0.199. The Labute approximate surface area is 215 Å². The number of anilines is 2. The summed E-state index contributed by atoms with van der Waals surface area (Å²) in [6.45, 7) is 3.82. The van der Waals surface area contributed by atoms with E-state index in [1.165, 1.54) is 0 Å². The molecule has 3 aromatic rings. The van der Waals surface area contributed by atoms with Crippen molar-refractivity contribution in [3.63, 3.8) is 0 Å². The first-order chi connectivity index (χ1) is 17.8. The number of carbonyl (C=O) groups excluding carboxylic acids is 3. The number of fused-ring (bicyclic) bond motifs is 1. The highest BCUT2D eigenvalue weighted by Gasteiger charge is 2.24. The summed E-state index contributed by atoms with van der Waals surface area (Å²) < 4.78 is 9.95. The van der Waals surface area contributed by atoms with E-state index in [1.54, 1.807) is 26.0 Å². The number of carbonyl (C=O) groups is 3. The number of amides is 1. The van der Waals surface area contributed by atoms with E-state index in [0.29, 0.717) is 17.0 Å². The third kappa shape index (κ3) is 7.66. The second-order valence-corrected chi connectivity index (χ2v) is 8.53. The van der Waals surface area contributed by atoms with Crippen molar-refractivity contribution < 1.29 is 23.9 Å². The number of hydrogen-bond donors (Lipinski definition) is 4. The van der Waals surface area contributed by atoms with Crippen molar-refractivity contribution in [2.45, 2.75) is 58.4 Å². The number of benzene rings is 1. The molecule has 0 radical (unpaired) electrons. The Hall–Kier alpha value is -4.15. The van der Waals surface area contributed by atoms with E-state index >= 15 is 0 Å². The predicted molar refractivity (Wildman–Crippen MR) is 140 cm³/mol. The molecule has 3 rings (SSSR count). The van der Waals surface area contributed by atoms with Gasteiger partial charge in [0.05, 0.1) is 18.6 Å². The Bertz CT molecular complexity index is 1220. The molecule has 0 aliphatic rings. The number of nitrogen functional groups attached to an aromatic ring is 2. The number of ether oxygens (including phenoxy) is 2. The van der Waals surface area contributed by atoms with Crippen molar-refractivity contribution in [1.82, 2.24) is 20.3 Å². The summed E-state index contributed by atoms with van der Waals surface area (Å²) in [7, 11) is 0. The molecule has 1 amide bonds. The van der Waals surface area contributed by atoms with Gasteiger partial charge in [-0.3, -0.25) is 9.59 Å². The molecule has 1 aromatic carbocycles. The molecule has 0 saturated heterocycles. The molecule has 198 valence electrons. The third-order valence-corrected chi connectivity index (χ3v) is 5.86. The molecule has 2 heterocycles. The predicted octanol–water partition coefficient (Wildman–Crippen LogP) is 2.69. The van der Waals surface area contributed by atoms with Gasteiger partial charge in [-0.15, -0.1) is 0 Å². The van der Waals surface area contributed by atoms with E-state index in [-0.39, 0.29) is 32.0 Å². The summed E-state index contributed by atoms with van der Waals surface area (Å²) in [6.07, 6.45) is 5.52. The van der Waals surface area contributed by atoms with Crippen molar-refractivity contribution >= 4 is 40.6 Å². The molecule has 6 N–H and O–H groups in total. The first-order valence-corrected chi connectivity index (χ1v) is 12.4. The van der Waals surface area contributed by atoms with Crippen LogP contribution in [0.25, 0.3) is 11.0 Å². The van der Waals surface area contributed by atoms with Crippen LogP contribution in [0, 0.1) is 0 Å². The summed E-state index contributed by atoms with van der Waals surface area (Å²) in [6, 6.07) is 6.30. The average Bonchev–Trinajstić information content (AvgIpc) is 3.28. The summed E-state index contributed by atoms with van der Waals surface area (Å²) in [5.74, 6) is -0.902. The van der Waals surface area contributed by atoms with Crippen LogP contribution in [0.5, 0.6) is 0 Å². The number of nitrogens with zero attached hydrogens (tertiary/aromatic N) is 2. The van der Waals surface area contributed by atoms with Gasteiger partial charge in [-0.25, -0.2) is 4.79 Å². The third-order valence-electron chi connectivity index (χ3n) is 5.86. The summed E-state index contributed by atoms with van der Waals surface area (Å²) in [5.41, 5.74) is 14.9. The van der Waals surface area contributed by atoms with Crippen LogP contribution < -0.4 is 16.8 Å². The maximum atomic E-state index is 12.7. The van der Waals surface area contributed by atoms with Gasteiger partial charge < -0.3 is 31.2 Å². The zero-order chi connectivity index (χ0) is 26.8. The van der Waals surface area contributed by atoms with E-state index in [1.807, 2.05) is 18.3 Å². The number of unbranched alkanes of at least 4 members (excludes halogenated alkanes) is 1. The lowest BCUT2D eigenvalue weighted by Crippen LogP contribution is -2.42. The van der Waals surface area contributed by atoms with Crippen LogP contribution in [-0.4, -0.2) is 52.1 Å². The van der Waals surface area contributed by atoms with Crippen molar-refractivity contribution in [2.24, 2.45) is 0 Å². The van der Waals surface area contributed by atoms with Crippen LogP contribution in [0.15, 0.2) is 30.5 Å². The fourth-order valence-electron chi connectivity index (χ4n) is 4.04. The van der Waals surface area contributed by atoms with Gasteiger partial charge in [0.1, 0.15) is 17.5 Å². The van der Waals surface area contributed by atoms with E-state index in [0.717, 1.165) is 42.2 Å². The molecule has 0 aliphatic heterocycles. The van der Waals surface area contributed by atoms with Crippen LogP contribution in [0.2, 0.25) is 0 Å². The highest BCUT2D eigenvalue weighted by Crippen LogP contribution is 2.24. The molecule has 0 unspecified atom stereocenters. The first kappa shape index (κ1) is 27.4. The van der Waals surface area contributed by atoms with Crippen molar-refractivity contribution in [3.8, 4) is 0 Å². The molecule has 0 bridgehead atoms. The number of aryl methyl sites for hydroxylation is 2. The summed E-state index contributed by atoms with van der Waals surface area (Å²) >= 11 is 0. The number of nitrogens with two attached hydrogens (primary N) is 2. The second kappa shape index (κ2) is 13.2. The van der Waals surface area contributed by atoms with Gasteiger partial charge in [-0.2, -0.15) is 9.97 Å². The molecule has 0 saturated carbocycles. The smallest absolute Gasteiger partial charge is 0.328 e. The van der Waals surface area contributed by atoms with Crippen LogP contribution in [0.1, 0.15) is 61.0 Å². The van der Waals surface area contributed by atoms with Crippen molar-refractivity contribution in [2.75, 3.05) is 24.7 Å². The van der Waals surface area contributed by atoms with Gasteiger partial charge in [-0.05, 0) is 69.2 Å². The van der Waals surface area contributed by atoms with Gasteiger partial charge >= 0.3 is 11.9 Å². The van der Waals surface area contributed by atoms with Crippen LogP contribution >= 0.6 is 0 Å². The van der Waals surface area contributed by atoms with Gasteiger partial charge in [0, 0.05) is 18.2 Å². The highest BCUT2D eigenvalue weighted by atomic mass is 16.5. The first-order valence-electron chi connectivity index (χ1n) is 12.4. The SMILES string of the molecule is CCOC(=O)CC[C@H](NC(=O)c1ccc(CCCCc2c[nH]c3nc(N)nc(N)c23)cc1)C(=O)OCC. The maximum absolute atomic E-state index is 12.7. The molecule has 11 heteroatoms. The molecule has 0 aliphatic carbocycles. The largest absolute Gasteiger partial charge is 0.466 e. The average molecular weight is 511 g/mol. The summed E-state index contributed by atoms with van der Waals surface area (Å²) in [5, 5.41) is 3.49. The van der Waals surface area contributed by atoms with Crippen molar-refractivity contribution in [1.29, 1.82) is 0 Å². The minimum absolute atomic E-state index is 0.00274. The molecule has 37 heavy (non-hydrogen) atoms. The molecule has 2 aromatic heterocycles. The molecule has 1 atom stereocenters. The molecule has 0 spiro atoms. The van der Waals surface area contributed by atoms with Crippen LogP contribution in [-0.2, 0) is 31.9 Å². The number of H-pyrrole nitrogens is 1. The topological polar surface area (TPSA) is 175 Å². The van der Waals surface area contributed by atoms with Crippen LogP contribution in [0.3, 0.4) is 0 Å². The monoisotopic (exact) mass is 510 g/mol. The number of aromatic nitrogens is 3. The Morgan fingerprint density at radius 3 is 2.41 bits per heavy atom. The molecular weight excluding hydrogens is 476 g/mol. The Morgan fingerprint density at radius 1 is 1.00 bits per heavy atom. The Balaban J connectivity index is 1.51. The fourth-order valence-corrected chi connectivity index (χ4v) is 4.04. The standard InChI is InChI=1S/C26H34N6O5/c1-3-36-20(33)14-13-19(25(35)37-4-2)30-24(34)17-11-9-16(10-12-17)7-5-6-8-18-15-29-23-21(18)22(27)31-26(28)32-23/h9-12,15,19H,3-8,13-14H2,1-2H3,(H,30,34)(H5,27,28,29,31,32)/t19-/m0/s1. The maximum Gasteiger partial charge on any atom is 0.328 e. The Morgan fingerprint density at radius 2 is 1.70 bits per heavy atom. The lowest BCUT2D eigenvalue weighted by molar-refractivity contribution is -0.146. The number of hydrogen-bond acceptors (Lipinski definition) is 9. The lowest BCUT2D eigenvalue weighted by atomic mass is 10.0. The van der Waals surface area contributed by atoms with E-state index in [4.69, 9.17) is 20.9 Å².